The molecule has 0 radical (unpaired) electrons. The molecule has 0 unspecified atom stereocenters. The SMILES string of the molecule is Nc1nnc(CCCCCN2CCN(c3cccc(C(F)(F)F)c3)CC2)s1. The number of halogens is 3. The third kappa shape index (κ3) is 5.80. The van der Waals surface area contributed by atoms with Crippen molar-refractivity contribution in [3.63, 3.8) is 0 Å². The lowest BCUT2D eigenvalue weighted by Gasteiger charge is -2.36. The molecule has 1 aliphatic rings. The summed E-state index contributed by atoms with van der Waals surface area (Å²) in [6.45, 7) is 4.29. The van der Waals surface area contributed by atoms with E-state index in [1.165, 1.54) is 23.5 Å². The quantitative estimate of drug-likeness (QED) is 0.720. The fraction of sp³-hybridized carbons (Fsp3) is 0.556. The average molecular weight is 399 g/mol. The van der Waals surface area contributed by atoms with E-state index in [1.807, 2.05) is 4.90 Å². The van der Waals surface area contributed by atoms with Gasteiger partial charge in [-0.1, -0.05) is 23.8 Å². The molecule has 1 aromatic heterocycles. The van der Waals surface area contributed by atoms with Crippen molar-refractivity contribution >= 4 is 22.2 Å². The smallest absolute Gasteiger partial charge is 0.374 e. The maximum atomic E-state index is 12.9. The zero-order chi connectivity index (χ0) is 19.3. The van der Waals surface area contributed by atoms with Crippen molar-refractivity contribution in [2.24, 2.45) is 0 Å². The van der Waals surface area contributed by atoms with Crippen LogP contribution in [-0.2, 0) is 12.6 Å². The van der Waals surface area contributed by atoms with Crippen molar-refractivity contribution in [3.8, 4) is 0 Å². The third-order valence-corrected chi connectivity index (χ3v) is 5.57. The van der Waals surface area contributed by atoms with Gasteiger partial charge in [0.15, 0.2) is 0 Å². The molecule has 2 N–H and O–H groups in total. The lowest BCUT2D eigenvalue weighted by atomic mass is 10.1. The zero-order valence-corrected chi connectivity index (χ0v) is 15.9. The highest BCUT2D eigenvalue weighted by Gasteiger charge is 2.31. The van der Waals surface area contributed by atoms with E-state index in [0.29, 0.717) is 10.8 Å². The van der Waals surface area contributed by atoms with Crippen LogP contribution >= 0.6 is 11.3 Å². The van der Waals surface area contributed by atoms with Crippen molar-refractivity contribution in [1.82, 2.24) is 15.1 Å². The number of rotatable bonds is 7. The van der Waals surface area contributed by atoms with Gasteiger partial charge in [-0.25, -0.2) is 0 Å². The second kappa shape index (κ2) is 8.88. The first kappa shape index (κ1) is 19.9. The van der Waals surface area contributed by atoms with Crippen molar-refractivity contribution in [3.05, 3.63) is 34.8 Å². The van der Waals surface area contributed by atoms with E-state index in [4.69, 9.17) is 5.73 Å². The van der Waals surface area contributed by atoms with Crippen LogP contribution in [-0.4, -0.2) is 47.8 Å². The average Bonchev–Trinajstić information content (AvgIpc) is 3.06. The fourth-order valence-corrected chi connectivity index (χ4v) is 3.92. The summed E-state index contributed by atoms with van der Waals surface area (Å²) in [5.74, 6) is 0. The minimum Gasteiger partial charge on any atom is -0.374 e. The van der Waals surface area contributed by atoms with E-state index >= 15 is 0 Å². The number of nitrogen functional groups attached to an aromatic ring is 1. The van der Waals surface area contributed by atoms with E-state index in [1.54, 1.807) is 6.07 Å². The highest BCUT2D eigenvalue weighted by Crippen LogP contribution is 2.31. The highest BCUT2D eigenvalue weighted by atomic mass is 32.1. The number of hydrogen-bond donors (Lipinski definition) is 1. The Morgan fingerprint density at radius 1 is 1.04 bits per heavy atom. The van der Waals surface area contributed by atoms with Gasteiger partial charge in [0.25, 0.3) is 0 Å². The normalized spacial score (nSPS) is 16.0. The summed E-state index contributed by atoms with van der Waals surface area (Å²) in [6.07, 6.45) is -0.0829. The molecule has 1 fully saturated rings. The molecule has 0 spiro atoms. The van der Waals surface area contributed by atoms with Gasteiger partial charge in [-0.2, -0.15) is 13.2 Å². The van der Waals surface area contributed by atoms with Crippen molar-refractivity contribution < 1.29 is 13.2 Å². The highest BCUT2D eigenvalue weighted by molar-refractivity contribution is 7.15. The first-order chi connectivity index (χ1) is 12.9. The maximum Gasteiger partial charge on any atom is 0.416 e. The monoisotopic (exact) mass is 399 g/mol. The second-order valence-electron chi connectivity index (χ2n) is 6.72. The van der Waals surface area contributed by atoms with Crippen LogP contribution in [0.15, 0.2) is 24.3 Å². The Bertz CT molecular complexity index is 726. The van der Waals surface area contributed by atoms with Crippen LogP contribution < -0.4 is 10.6 Å². The summed E-state index contributed by atoms with van der Waals surface area (Å²) in [5, 5.41) is 9.34. The van der Waals surface area contributed by atoms with E-state index in [2.05, 4.69) is 15.1 Å². The largest absolute Gasteiger partial charge is 0.416 e. The molecule has 5 nitrogen and oxygen atoms in total. The number of aryl methyl sites for hydroxylation is 1. The van der Waals surface area contributed by atoms with Crippen molar-refractivity contribution in [1.29, 1.82) is 0 Å². The lowest BCUT2D eigenvalue weighted by molar-refractivity contribution is -0.137. The fourth-order valence-electron chi connectivity index (χ4n) is 3.26. The van der Waals surface area contributed by atoms with Crippen LogP contribution in [0.5, 0.6) is 0 Å². The van der Waals surface area contributed by atoms with Gasteiger partial charge in [0.2, 0.25) is 5.13 Å². The van der Waals surface area contributed by atoms with E-state index < -0.39 is 11.7 Å². The first-order valence-electron chi connectivity index (χ1n) is 9.14. The van der Waals surface area contributed by atoms with Gasteiger partial charge in [0.1, 0.15) is 5.01 Å². The van der Waals surface area contributed by atoms with Crippen molar-refractivity contribution in [2.75, 3.05) is 43.4 Å². The lowest BCUT2D eigenvalue weighted by Crippen LogP contribution is -2.46. The summed E-state index contributed by atoms with van der Waals surface area (Å²) in [4.78, 5) is 4.42. The Morgan fingerprint density at radius 2 is 1.81 bits per heavy atom. The molecule has 1 aliphatic heterocycles. The standard InChI is InChI=1S/C18H24F3N5S/c19-18(20,21)14-5-4-6-15(13-14)26-11-9-25(10-12-26)8-3-1-2-7-16-23-24-17(22)27-16/h4-6,13H,1-3,7-12H2,(H2,22,24). The number of piperazine rings is 1. The Labute approximate surface area is 161 Å². The molecule has 0 aliphatic carbocycles. The van der Waals surface area contributed by atoms with Gasteiger partial charge >= 0.3 is 6.18 Å². The summed E-state index contributed by atoms with van der Waals surface area (Å²) in [5.41, 5.74) is 5.64. The molecule has 1 saturated heterocycles. The molecule has 2 aromatic rings. The van der Waals surface area contributed by atoms with Crippen LogP contribution in [0.1, 0.15) is 29.8 Å². The molecule has 148 valence electrons. The Kier molecular flexibility index (Phi) is 6.54. The number of nitrogens with two attached hydrogens (primary N) is 1. The Morgan fingerprint density at radius 3 is 2.48 bits per heavy atom. The molecule has 3 rings (SSSR count). The predicted molar refractivity (Wildman–Crippen MR) is 102 cm³/mol. The summed E-state index contributed by atoms with van der Waals surface area (Å²) in [7, 11) is 0. The van der Waals surface area contributed by atoms with Crippen LogP contribution in [0, 0.1) is 0 Å². The minimum absolute atomic E-state index is 0.517. The molecular formula is C18H24F3N5S. The van der Waals surface area contributed by atoms with Crippen LogP contribution in [0.3, 0.4) is 0 Å². The van der Waals surface area contributed by atoms with Gasteiger partial charge in [0.05, 0.1) is 5.56 Å². The predicted octanol–water partition coefficient (Wildman–Crippen LogP) is 3.67. The molecule has 0 saturated carbocycles. The molecule has 0 atom stereocenters. The topological polar surface area (TPSA) is 58.3 Å². The van der Waals surface area contributed by atoms with Crippen LogP contribution in [0.2, 0.25) is 0 Å². The summed E-state index contributed by atoms with van der Waals surface area (Å²) >= 11 is 1.44. The first-order valence-corrected chi connectivity index (χ1v) is 9.96. The van der Waals surface area contributed by atoms with Gasteiger partial charge in [-0.3, -0.25) is 4.90 Å². The molecular weight excluding hydrogens is 375 g/mol. The van der Waals surface area contributed by atoms with Crippen molar-refractivity contribution in [2.45, 2.75) is 31.9 Å². The van der Waals surface area contributed by atoms with Crippen LogP contribution in [0.4, 0.5) is 24.0 Å². The van der Waals surface area contributed by atoms with Crippen LogP contribution in [0.25, 0.3) is 0 Å². The number of anilines is 2. The number of aromatic nitrogens is 2. The maximum absolute atomic E-state index is 12.9. The summed E-state index contributed by atoms with van der Waals surface area (Å²) in [6, 6.07) is 5.60. The molecule has 2 heterocycles. The van der Waals surface area contributed by atoms with E-state index in [9.17, 15) is 13.2 Å². The Hall–Kier alpha value is -1.87. The molecule has 1 aromatic carbocycles. The number of unbranched alkanes of at least 4 members (excludes halogenated alkanes) is 2. The molecule has 9 heteroatoms. The molecule has 0 bridgehead atoms. The zero-order valence-electron chi connectivity index (χ0n) is 15.1. The second-order valence-corrected chi connectivity index (χ2v) is 7.82. The molecule has 27 heavy (non-hydrogen) atoms. The van der Waals surface area contributed by atoms with Gasteiger partial charge in [0, 0.05) is 38.3 Å². The Balaban J connectivity index is 1.36. The van der Waals surface area contributed by atoms with Gasteiger partial charge in [-0.15, -0.1) is 10.2 Å². The number of benzene rings is 1. The number of hydrogen-bond acceptors (Lipinski definition) is 6. The van der Waals surface area contributed by atoms with E-state index in [0.717, 1.165) is 69.5 Å². The third-order valence-electron chi connectivity index (χ3n) is 4.76. The summed E-state index contributed by atoms with van der Waals surface area (Å²) < 4.78 is 38.6. The number of nitrogens with zero attached hydrogens (tertiary/aromatic N) is 4. The van der Waals surface area contributed by atoms with E-state index in [-0.39, 0.29) is 0 Å². The minimum atomic E-state index is -4.29. The molecule has 0 amide bonds. The van der Waals surface area contributed by atoms with Gasteiger partial charge in [-0.05, 0) is 37.6 Å². The van der Waals surface area contributed by atoms with Gasteiger partial charge < -0.3 is 10.6 Å². The number of alkyl halides is 3.